The third-order valence-electron chi connectivity index (χ3n) is 5.68. The molecule has 2 aromatic carbocycles. The number of nitrogens with one attached hydrogen (secondary N) is 1. The molecule has 0 atom stereocenters. The predicted molar refractivity (Wildman–Crippen MR) is 119 cm³/mol. The van der Waals surface area contributed by atoms with E-state index in [0.717, 1.165) is 23.4 Å². The van der Waals surface area contributed by atoms with Gasteiger partial charge in [-0.2, -0.15) is 0 Å². The molecule has 2 heterocycles. The number of nitrogens with zero attached hydrogens (tertiary/aromatic N) is 1. The maximum atomic E-state index is 13.1. The Balaban J connectivity index is 1.64. The molecule has 1 saturated heterocycles. The van der Waals surface area contributed by atoms with E-state index in [1.807, 2.05) is 12.1 Å². The molecule has 6 nitrogen and oxygen atoms in total. The SMILES string of the molecule is COc1ccc2c(c1)/C(=C/C(=O)c1cccc(C(=O)N3CCOCC3)c1)NC(C)(C)C2. The summed E-state index contributed by atoms with van der Waals surface area (Å²) in [6, 6.07) is 12.9. The van der Waals surface area contributed by atoms with Gasteiger partial charge in [0.1, 0.15) is 5.75 Å². The Morgan fingerprint density at radius 1 is 1.10 bits per heavy atom. The Morgan fingerprint density at radius 3 is 2.58 bits per heavy atom. The summed E-state index contributed by atoms with van der Waals surface area (Å²) in [7, 11) is 1.63. The van der Waals surface area contributed by atoms with E-state index in [2.05, 4.69) is 25.2 Å². The van der Waals surface area contributed by atoms with E-state index < -0.39 is 0 Å². The fourth-order valence-electron chi connectivity index (χ4n) is 4.12. The highest BCUT2D eigenvalue weighted by atomic mass is 16.5. The number of hydrogen-bond acceptors (Lipinski definition) is 5. The highest BCUT2D eigenvalue weighted by Crippen LogP contribution is 2.32. The largest absolute Gasteiger partial charge is 0.497 e. The fraction of sp³-hybridized carbons (Fsp3) is 0.360. The zero-order chi connectivity index (χ0) is 22.0. The lowest BCUT2D eigenvalue weighted by Gasteiger charge is -2.35. The molecular formula is C25H28N2O4. The Labute approximate surface area is 182 Å². The lowest BCUT2D eigenvalue weighted by Crippen LogP contribution is -2.43. The minimum Gasteiger partial charge on any atom is -0.497 e. The number of allylic oxidation sites excluding steroid dienone is 1. The van der Waals surface area contributed by atoms with Crippen LogP contribution >= 0.6 is 0 Å². The molecule has 1 fully saturated rings. The predicted octanol–water partition coefficient (Wildman–Crippen LogP) is 3.32. The van der Waals surface area contributed by atoms with Crippen LogP contribution in [0, 0.1) is 0 Å². The summed E-state index contributed by atoms with van der Waals surface area (Å²) in [4.78, 5) is 27.7. The fourth-order valence-corrected chi connectivity index (χ4v) is 4.12. The van der Waals surface area contributed by atoms with Gasteiger partial charge in [0.2, 0.25) is 0 Å². The first-order valence-corrected chi connectivity index (χ1v) is 10.5. The zero-order valence-corrected chi connectivity index (χ0v) is 18.2. The number of carbonyl (C=O) groups is 2. The minimum absolute atomic E-state index is 0.0717. The molecule has 0 saturated carbocycles. The third-order valence-corrected chi connectivity index (χ3v) is 5.68. The molecule has 162 valence electrons. The van der Waals surface area contributed by atoms with Crippen molar-refractivity contribution in [3.8, 4) is 5.75 Å². The van der Waals surface area contributed by atoms with Crippen LogP contribution in [0.2, 0.25) is 0 Å². The molecule has 0 unspecified atom stereocenters. The summed E-state index contributed by atoms with van der Waals surface area (Å²) in [6.07, 6.45) is 2.47. The van der Waals surface area contributed by atoms with Crippen molar-refractivity contribution < 1.29 is 19.1 Å². The summed E-state index contributed by atoms with van der Waals surface area (Å²) < 4.78 is 10.7. The van der Waals surface area contributed by atoms with Crippen LogP contribution in [-0.4, -0.2) is 55.5 Å². The van der Waals surface area contributed by atoms with Crippen LogP contribution in [-0.2, 0) is 11.2 Å². The molecule has 2 aliphatic heterocycles. The van der Waals surface area contributed by atoms with E-state index in [9.17, 15) is 9.59 Å². The number of amides is 1. The molecular weight excluding hydrogens is 392 g/mol. The molecule has 0 bridgehead atoms. The molecule has 0 aromatic heterocycles. The van der Waals surface area contributed by atoms with Crippen LogP contribution in [0.4, 0.5) is 0 Å². The monoisotopic (exact) mass is 420 g/mol. The summed E-state index contributed by atoms with van der Waals surface area (Å²) >= 11 is 0. The number of hydrogen-bond donors (Lipinski definition) is 1. The van der Waals surface area contributed by atoms with E-state index in [1.54, 1.807) is 42.4 Å². The molecule has 6 heteroatoms. The number of ketones is 1. The second-order valence-electron chi connectivity index (χ2n) is 8.62. The number of ether oxygens (including phenoxy) is 2. The van der Waals surface area contributed by atoms with E-state index in [1.165, 1.54) is 5.56 Å². The number of carbonyl (C=O) groups excluding carboxylic acids is 2. The summed E-state index contributed by atoms with van der Waals surface area (Å²) in [5.41, 5.74) is 3.72. The zero-order valence-electron chi connectivity index (χ0n) is 18.2. The van der Waals surface area contributed by atoms with Crippen LogP contribution in [0.3, 0.4) is 0 Å². The van der Waals surface area contributed by atoms with Crippen molar-refractivity contribution in [3.05, 3.63) is 70.8 Å². The molecule has 1 N–H and O–H groups in total. The van der Waals surface area contributed by atoms with Crippen LogP contribution in [0.1, 0.15) is 45.7 Å². The first kappa shape index (κ1) is 21.1. The maximum absolute atomic E-state index is 13.1. The molecule has 1 amide bonds. The summed E-state index contributed by atoms with van der Waals surface area (Å²) in [5, 5.41) is 3.49. The van der Waals surface area contributed by atoms with Gasteiger partial charge in [0.25, 0.3) is 5.91 Å². The first-order chi connectivity index (χ1) is 14.9. The standard InChI is InChI=1S/C25H28N2O4/c1-25(2)16-19-7-8-20(30-3)14-21(19)22(26-25)15-23(28)17-5-4-6-18(13-17)24(29)27-9-11-31-12-10-27/h4-8,13-15,26H,9-12,16H2,1-3H3/b22-15-. The highest BCUT2D eigenvalue weighted by molar-refractivity contribution is 6.10. The number of methoxy groups -OCH3 is 1. The smallest absolute Gasteiger partial charge is 0.254 e. The van der Waals surface area contributed by atoms with Crippen LogP contribution in [0.5, 0.6) is 5.75 Å². The second-order valence-corrected chi connectivity index (χ2v) is 8.62. The normalized spacial score (nSPS) is 18.8. The van der Waals surface area contributed by atoms with Crippen LogP contribution in [0.15, 0.2) is 48.5 Å². The van der Waals surface area contributed by atoms with Gasteiger partial charge in [-0.3, -0.25) is 9.59 Å². The van der Waals surface area contributed by atoms with Gasteiger partial charge in [0.05, 0.1) is 20.3 Å². The Hall–Kier alpha value is -3.12. The van der Waals surface area contributed by atoms with E-state index in [-0.39, 0.29) is 17.2 Å². The van der Waals surface area contributed by atoms with E-state index in [0.29, 0.717) is 37.4 Å². The van der Waals surface area contributed by atoms with Crippen molar-refractivity contribution >= 4 is 17.4 Å². The van der Waals surface area contributed by atoms with Gasteiger partial charge in [0.15, 0.2) is 5.78 Å². The van der Waals surface area contributed by atoms with Crippen molar-refractivity contribution in [1.82, 2.24) is 10.2 Å². The van der Waals surface area contributed by atoms with Crippen LogP contribution in [0.25, 0.3) is 5.70 Å². The van der Waals surface area contributed by atoms with Crippen molar-refractivity contribution in [2.75, 3.05) is 33.4 Å². The summed E-state index contributed by atoms with van der Waals surface area (Å²) in [6.45, 7) is 6.44. The average Bonchev–Trinajstić information content (AvgIpc) is 2.78. The number of benzene rings is 2. The highest BCUT2D eigenvalue weighted by Gasteiger charge is 2.28. The maximum Gasteiger partial charge on any atom is 0.254 e. The molecule has 0 radical (unpaired) electrons. The molecule has 4 rings (SSSR count). The van der Waals surface area contributed by atoms with Crippen molar-refractivity contribution in [2.45, 2.75) is 25.8 Å². The minimum atomic E-state index is -0.179. The number of morpholine rings is 1. The molecule has 2 aromatic rings. The van der Waals surface area contributed by atoms with E-state index >= 15 is 0 Å². The lowest BCUT2D eigenvalue weighted by molar-refractivity contribution is 0.0303. The topological polar surface area (TPSA) is 67.9 Å². The lowest BCUT2D eigenvalue weighted by atomic mass is 9.85. The van der Waals surface area contributed by atoms with Crippen molar-refractivity contribution in [3.63, 3.8) is 0 Å². The second kappa shape index (κ2) is 8.55. The van der Waals surface area contributed by atoms with Gasteiger partial charge in [0, 0.05) is 47.1 Å². The van der Waals surface area contributed by atoms with Crippen LogP contribution < -0.4 is 10.1 Å². The van der Waals surface area contributed by atoms with Gasteiger partial charge < -0.3 is 19.7 Å². The van der Waals surface area contributed by atoms with Gasteiger partial charge in [-0.05, 0) is 50.1 Å². The van der Waals surface area contributed by atoms with Gasteiger partial charge in [-0.1, -0.05) is 18.2 Å². The van der Waals surface area contributed by atoms with Gasteiger partial charge in [-0.25, -0.2) is 0 Å². The molecule has 2 aliphatic rings. The molecule has 31 heavy (non-hydrogen) atoms. The Bertz CT molecular complexity index is 1040. The Kier molecular flexibility index (Phi) is 5.83. The number of rotatable bonds is 4. The summed E-state index contributed by atoms with van der Waals surface area (Å²) in [5.74, 6) is 0.528. The van der Waals surface area contributed by atoms with Crippen molar-refractivity contribution in [2.24, 2.45) is 0 Å². The Morgan fingerprint density at radius 2 is 1.84 bits per heavy atom. The number of fused-ring (bicyclic) bond motifs is 1. The molecule has 0 spiro atoms. The van der Waals surface area contributed by atoms with Crippen molar-refractivity contribution in [1.29, 1.82) is 0 Å². The van der Waals surface area contributed by atoms with Gasteiger partial charge in [-0.15, -0.1) is 0 Å². The quantitative estimate of drug-likeness (QED) is 0.607. The first-order valence-electron chi connectivity index (χ1n) is 10.5. The third kappa shape index (κ3) is 4.64. The van der Waals surface area contributed by atoms with Gasteiger partial charge >= 0.3 is 0 Å². The van der Waals surface area contributed by atoms with E-state index in [4.69, 9.17) is 9.47 Å². The molecule has 0 aliphatic carbocycles. The average molecular weight is 421 g/mol.